The van der Waals surface area contributed by atoms with Gasteiger partial charge in [-0.2, -0.15) is 4.57 Å². The van der Waals surface area contributed by atoms with Crippen LogP contribution in [0.1, 0.15) is 120 Å². The lowest BCUT2D eigenvalue weighted by Gasteiger charge is -2.23. The molecular formula is C36H53BrN2O2S. The van der Waals surface area contributed by atoms with Gasteiger partial charge in [-0.05, 0) is 49.6 Å². The van der Waals surface area contributed by atoms with Gasteiger partial charge in [-0.25, -0.2) is 0 Å². The van der Waals surface area contributed by atoms with Crippen LogP contribution in [0.2, 0.25) is 0 Å². The average Bonchev–Trinajstić information content (AvgIpc) is 3.39. The molecule has 0 atom stereocenters. The number of nitrogens with zero attached hydrogens (tertiary/aromatic N) is 2. The summed E-state index contributed by atoms with van der Waals surface area (Å²) in [4.78, 5) is 16.4. The molecule has 4 nitrogen and oxygen atoms in total. The molecule has 232 valence electrons. The first-order valence-corrected chi connectivity index (χ1v) is 17.0. The second-order valence-electron chi connectivity index (χ2n) is 11.4. The molecule has 0 bridgehead atoms. The zero-order valence-electron chi connectivity index (χ0n) is 26.3. The van der Waals surface area contributed by atoms with E-state index in [1.54, 1.807) is 11.3 Å². The zero-order valence-corrected chi connectivity index (χ0v) is 28.7. The molecule has 3 rings (SSSR count). The maximum absolute atomic E-state index is 13.1. The van der Waals surface area contributed by atoms with Crippen LogP contribution in [0.3, 0.4) is 0 Å². The second-order valence-corrected chi connectivity index (χ2v) is 12.5. The van der Waals surface area contributed by atoms with Crippen LogP contribution in [-0.2, 0) is 17.9 Å². The van der Waals surface area contributed by atoms with Gasteiger partial charge in [0.1, 0.15) is 5.75 Å². The fourth-order valence-corrected chi connectivity index (χ4v) is 5.87. The number of aryl methyl sites for hydroxylation is 1. The SMILES string of the molecule is CCCCCCCCCCCCCCOc1ccc(CN(C(=O)CCC)c2cccc(C[n+]3csc(C)c3)c2)cc1.[Br-]. The zero-order chi connectivity index (χ0) is 29.1. The number of carbonyl (C=O) groups excluding carboxylic acids is 1. The van der Waals surface area contributed by atoms with Crippen molar-refractivity contribution in [2.45, 2.75) is 124 Å². The highest BCUT2D eigenvalue weighted by atomic mass is 79.9. The topological polar surface area (TPSA) is 33.4 Å². The van der Waals surface area contributed by atoms with Gasteiger partial charge in [0, 0.05) is 17.7 Å². The van der Waals surface area contributed by atoms with E-state index in [4.69, 9.17) is 4.74 Å². The van der Waals surface area contributed by atoms with Gasteiger partial charge in [-0.3, -0.25) is 4.79 Å². The third-order valence-corrected chi connectivity index (χ3v) is 8.46. The van der Waals surface area contributed by atoms with E-state index in [1.165, 1.54) is 81.1 Å². The Bertz CT molecular complexity index is 1130. The highest BCUT2D eigenvalue weighted by Gasteiger charge is 2.17. The molecule has 1 amide bonds. The lowest BCUT2D eigenvalue weighted by atomic mass is 10.1. The van der Waals surface area contributed by atoms with Gasteiger partial charge in [0.2, 0.25) is 11.4 Å². The summed E-state index contributed by atoms with van der Waals surface area (Å²) in [7, 11) is 0. The van der Waals surface area contributed by atoms with Gasteiger partial charge in [-0.15, -0.1) is 0 Å². The van der Waals surface area contributed by atoms with E-state index in [1.807, 2.05) is 23.1 Å². The molecule has 0 saturated heterocycles. The van der Waals surface area contributed by atoms with Crippen molar-refractivity contribution in [3.63, 3.8) is 0 Å². The van der Waals surface area contributed by atoms with E-state index in [-0.39, 0.29) is 22.9 Å². The smallest absolute Gasteiger partial charge is 0.227 e. The van der Waals surface area contributed by atoms with Crippen molar-refractivity contribution < 1.29 is 31.1 Å². The van der Waals surface area contributed by atoms with Gasteiger partial charge < -0.3 is 26.6 Å². The predicted molar refractivity (Wildman–Crippen MR) is 174 cm³/mol. The highest BCUT2D eigenvalue weighted by Crippen LogP contribution is 2.22. The fourth-order valence-electron chi connectivity index (χ4n) is 5.24. The number of unbranched alkanes of at least 4 members (excludes halogenated alkanes) is 11. The number of hydrogen-bond acceptors (Lipinski definition) is 3. The van der Waals surface area contributed by atoms with Gasteiger partial charge in [-0.1, -0.05) is 120 Å². The van der Waals surface area contributed by atoms with Crippen molar-refractivity contribution in [1.82, 2.24) is 0 Å². The fraction of sp³-hybridized carbons (Fsp3) is 0.556. The van der Waals surface area contributed by atoms with Gasteiger partial charge in [0.05, 0.1) is 18.0 Å². The van der Waals surface area contributed by atoms with Crippen LogP contribution in [0.15, 0.2) is 60.2 Å². The minimum Gasteiger partial charge on any atom is -1.00 e. The van der Waals surface area contributed by atoms with Crippen LogP contribution in [-0.4, -0.2) is 12.5 Å². The summed E-state index contributed by atoms with van der Waals surface area (Å²) in [6, 6.07) is 16.7. The Morgan fingerprint density at radius 2 is 1.45 bits per heavy atom. The van der Waals surface area contributed by atoms with Crippen LogP contribution in [0.4, 0.5) is 5.69 Å². The molecule has 0 saturated carbocycles. The number of ether oxygens (including phenoxy) is 1. The average molecular weight is 658 g/mol. The Morgan fingerprint density at radius 3 is 2.05 bits per heavy atom. The summed E-state index contributed by atoms with van der Waals surface area (Å²) in [5.74, 6) is 1.07. The lowest BCUT2D eigenvalue weighted by Crippen LogP contribution is -3.00. The molecule has 1 aromatic heterocycles. The van der Waals surface area contributed by atoms with Crippen molar-refractivity contribution in [1.29, 1.82) is 0 Å². The summed E-state index contributed by atoms with van der Waals surface area (Å²) in [6.07, 6.45) is 19.7. The molecule has 42 heavy (non-hydrogen) atoms. The monoisotopic (exact) mass is 656 g/mol. The number of hydrogen-bond donors (Lipinski definition) is 0. The molecule has 0 N–H and O–H groups in total. The molecule has 3 aromatic rings. The summed E-state index contributed by atoms with van der Waals surface area (Å²) >= 11 is 1.75. The maximum Gasteiger partial charge on any atom is 0.227 e. The predicted octanol–water partition coefficient (Wildman–Crippen LogP) is 6.81. The Labute approximate surface area is 270 Å². The van der Waals surface area contributed by atoms with E-state index in [0.717, 1.165) is 43.0 Å². The van der Waals surface area contributed by atoms with Crippen LogP contribution in [0.5, 0.6) is 5.75 Å². The Kier molecular flexibility index (Phi) is 18.4. The number of carbonyl (C=O) groups is 1. The van der Waals surface area contributed by atoms with Gasteiger partial charge >= 0.3 is 0 Å². The third-order valence-electron chi connectivity index (χ3n) is 7.60. The van der Waals surface area contributed by atoms with Crippen molar-refractivity contribution in [2.24, 2.45) is 0 Å². The van der Waals surface area contributed by atoms with Crippen molar-refractivity contribution >= 4 is 22.9 Å². The molecule has 0 aliphatic heterocycles. The summed E-state index contributed by atoms with van der Waals surface area (Å²) in [5.41, 5.74) is 5.41. The Morgan fingerprint density at radius 1 is 0.810 bits per heavy atom. The van der Waals surface area contributed by atoms with Crippen LogP contribution >= 0.6 is 11.3 Å². The molecule has 0 aliphatic carbocycles. The minimum absolute atomic E-state index is 0. The van der Waals surface area contributed by atoms with E-state index < -0.39 is 0 Å². The summed E-state index contributed by atoms with van der Waals surface area (Å²) in [6.45, 7) is 8.60. The first kappa shape index (κ1) is 36.0. The summed E-state index contributed by atoms with van der Waals surface area (Å²) < 4.78 is 8.22. The minimum atomic E-state index is 0. The van der Waals surface area contributed by atoms with Crippen molar-refractivity contribution in [2.75, 3.05) is 11.5 Å². The molecule has 0 radical (unpaired) electrons. The standard InChI is InChI=1S/C36H53N2O2S.BrH/c1-4-6-7-8-9-10-11-12-13-14-15-16-25-40-35-23-21-32(22-24-35)29-38(36(39)18-5-2)34-20-17-19-33(26-34)28-37-27-31(3)41-30-37;/h17,19-24,26-27,30H,4-16,18,25,28-29H2,1-3H3;1H/q+1;/p-1. The second kappa shape index (κ2) is 21.5. The number of anilines is 1. The number of rotatable bonds is 21. The molecule has 1 heterocycles. The van der Waals surface area contributed by atoms with E-state index >= 15 is 0 Å². The van der Waals surface area contributed by atoms with E-state index in [9.17, 15) is 4.79 Å². The number of thiazole rings is 1. The molecule has 0 fully saturated rings. The van der Waals surface area contributed by atoms with Crippen molar-refractivity contribution in [3.8, 4) is 5.75 Å². The molecule has 2 aromatic carbocycles. The number of halogens is 1. The third kappa shape index (κ3) is 13.9. The Balaban J connectivity index is 0.00000616. The van der Waals surface area contributed by atoms with Crippen molar-refractivity contribution in [3.05, 3.63) is 76.2 Å². The van der Waals surface area contributed by atoms with Gasteiger partial charge in [0.15, 0.2) is 12.7 Å². The van der Waals surface area contributed by atoms with Gasteiger partial charge in [0.25, 0.3) is 0 Å². The van der Waals surface area contributed by atoms with Crippen LogP contribution in [0, 0.1) is 6.92 Å². The number of benzene rings is 2. The maximum atomic E-state index is 13.1. The first-order chi connectivity index (χ1) is 20.1. The molecule has 0 aliphatic rings. The molecule has 0 spiro atoms. The number of aromatic nitrogens is 1. The van der Waals surface area contributed by atoms with Crippen LogP contribution in [0.25, 0.3) is 0 Å². The van der Waals surface area contributed by atoms with E-state index in [0.29, 0.717) is 13.0 Å². The lowest BCUT2D eigenvalue weighted by molar-refractivity contribution is -0.683. The number of amides is 1. The molecule has 0 unspecified atom stereocenters. The van der Waals surface area contributed by atoms with E-state index in [2.05, 4.69) is 67.4 Å². The normalized spacial score (nSPS) is 10.8. The first-order valence-electron chi connectivity index (χ1n) is 16.1. The van der Waals surface area contributed by atoms with Crippen LogP contribution < -0.4 is 31.2 Å². The Hall–Kier alpha value is -2.18. The summed E-state index contributed by atoms with van der Waals surface area (Å²) in [5, 5.41) is 0. The largest absolute Gasteiger partial charge is 1.00 e. The molecular weight excluding hydrogens is 604 g/mol. The molecule has 6 heteroatoms. The highest BCUT2D eigenvalue weighted by molar-refractivity contribution is 7.09. The quantitative estimate of drug-likeness (QED) is 0.0932.